The van der Waals surface area contributed by atoms with Crippen molar-refractivity contribution in [2.75, 3.05) is 31.1 Å². The molecule has 0 aromatic heterocycles. The summed E-state index contributed by atoms with van der Waals surface area (Å²) in [6, 6.07) is 5.48. The van der Waals surface area contributed by atoms with Crippen LogP contribution in [0.1, 0.15) is 26.3 Å². The first-order valence-electron chi connectivity index (χ1n) is 7.75. The number of nitrogens with two attached hydrogens (primary N) is 1. The Hall–Kier alpha value is -0.680. The fraction of sp³-hybridized carbons (Fsp3) is 0.588. The van der Waals surface area contributed by atoms with Crippen molar-refractivity contribution >= 4 is 48.0 Å². The topological polar surface area (TPSA) is 49.6 Å². The highest BCUT2D eigenvalue weighted by Crippen LogP contribution is 2.26. The third-order valence-corrected chi connectivity index (χ3v) is 4.54. The standard InChI is InChI=1S/C17H26ClN3O.2ClH/c1-12-5-6-13(18)11-14(12)20-7-9-21(10-8-20)16(22)15(19)17(2,3)4;;/h5-6,11,15H,7-10,19H2,1-4H3;2*1H/t15-;;/m1../s1. The summed E-state index contributed by atoms with van der Waals surface area (Å²) in [5.74, 6) is 0.0509. The monoisotopic (exact) mass is 395 g/mol. The van der Waals surface area contributed by atoms with E-state index in [0.29, 0.717) is 13.1 Å². The summed E-state index contributed by atoms with van der Waals surface area (Å²) in [5.41, 5.74) is 8.24. The highest BCUT2D eigenvalue weighted by molar-refractivity contribution is 6.30. The molecule has 0 spiro atoms. The van der Waals surface area contributed by atoms with Crippen LogP contribution in [0.25, 0.3) is 0 Å². The Labute approximate surface area is 162 Å². The van der Waals surface area contributed by atoms with Crippen LogP contribution in [0.2, 0.25) is 5.02 Å². The molecular formula is C17H28Cl3N3O. The Morgan fingerprint density at radius 1 is 1.17 bits per heavy atom. The molecule has 1 saturated heterocycles. The van der Waals surface area contributed by atoms with Crippen LogP contribution in [0.3, 0.4) is 0 Å². The van der Waals surface area contributed by atoms with E-state index in [9.17, 15) is 4.79 Å². The van der Waals surface area contributed by atoms with Crippen molar-refractivity contribution in [1.29, 1.82) is 0 Å². The number of aryl methyl sites for hydroxylation is 1. The number of amides is 1. The van der Waals surface area contributed by atoms with Crippen LogP contribution in [-0.4, -0.2) is 43.0 Å². The lowest BCUT2D eigenvalue weighted by atomic mass is 9.86. The zero-order valence-corrected chi connectivity index (χ0v) is 17.1. The summed E-state index contributed by atoms with van der Waals surface area (Å²) in [5, 5.41) is 0.744. The fourth-order valence-electron chi connectivity index (χ4n) is 2.66. The second-order valence-corrected chi connectivity index (χ2v) is 7.52. The second-order valence-electron chi connectivity index (χ2n) is 7.09. The van der Waals surface area contributed by atoms with Gasteiger partial charge >= 0.3 is 0 Å². The highest BCUT2D eigenvalue weighted by atomic mass is 35.5. The number of benzene rings is 1. The molecule has 1 amide bonds. The number of anilines is 1. The molecule has 0 unspecified atom stereocenters. The van der Waals surface area contributed by atoms with Gasteiger partial charge < -0.3 is 15.5 Å². The van der Waals surface area contributed by atoms with E-state index < -0.39 is 6.04 Å². The molecule has 1 aromatic carbocycles. The van der Waals surface area contributed by atoms with E-state index in [1.165, 1.54) is 5.56 Å². The van der Waals surface area contributed by atoms with Crippen molar-refractivity contribution < 1.29 is 4.79 Å². The van der Waals surface area contributed by atoms with Gasteiger partial charge in [0.2, 0.25) is 5.91 Å². The molecule has 0 aliphatic carbocycles. The van der Waals surface area contributed by atoms with E-state index >= 15 is 0 Å². The minimum absolute atomic E-state index is 0. The summed E-state index contributed by atoms with van der Waals surface area (Å²) in [6.45, 7) is 11.1. The Morgan fingerprint density at radius 3 is 2.21 bits per heavy atom. The highest BCUT2D eigenvalue weighted by Gasteiger charge is 2.32. The molecule has 1 atom stereocenters. The van der Waals surface area contributed by atoms with Crippen LogP contribution in [0.4, 0.5) is 5.69 Å². The zero-order valence-electron chi connectivity index (χ0n) is 14.7. The summed E-state index contributed by atoms with van der Waals surface area (Å²) < 4.78 is 0. The van der Waals surface area contributed by atoms with Gasteiger partial charge in [-0.1, -0.05) is 38.4 Å². The molecule has 4 nitrogen and oxygen atoms in total. The first kappa shape index (κ1) is 23.3. The van der Waals surface area contributed by atoms with E-state index in [4.69, 9.17) is 17.3 Å². The third-order valence-electron chi connectivity index (χ3n) is 4.30. The van der Waals surface area contributed by atoms with Crippen molar-refractivity contribution in [1.82, 2.24) is 4.90 Å². The summed E-state index contributed by atoms with van der Waals surface area (Å²) in [7, 11) is 0. The van der Waals surface area contributed by atoms with Crippen LogP contribution in [0, 0.1) is 12.3 Å². The average molecular weight is 397 g/mol. The van der Waals surface area contributed by atoms with Gasteiger partial charge in [-0.3, -0.25) is 4.79 Å². The third kappa shape index (κ3) is 5.41. The number of rotatable bonds is 2. The van der Waals surface area contributed by atoms with E-state index in [1.807, 2.05) is 43.9 Å². The van der Waals surface area contributed by atoms with Gasteiger partial charge in [-0.2, -0.15) is 0 Å². The summed E-state index contributed by atoms with van der Waals surface area (Å²) in [6.07, 6.45) is 0. The molecule has 2 N–H and O–H groups in total. The molecule has 1 aromatic rings. The van der Waals surface area contributed by atoms with Crippen molar-refractivity contribution in [3.63, 3.8) is 0 Å². The zero-order chi connectivity index (χ0) is 16.5. The minimum atomic E-state index is -0.452. The molecule has 1 heterocycles. The predicted molar refractivity (Wildman–Crippen MR) is 107 cm³/mol. The smallest absolute Gasteiger partial charge is 0.240 e. The lowest BCUT2D eigenvalue weighted by Gasteiger charge is -2.39. The first-order valence-corrected chi connectivity index (χ1v) is 8.13. The van der Waals surface area contributed by atoms with E-state index in [-0.39, 0.29) is 36.1 Å². The second kappa shape index (κ2) is 9.14. The van der Waals surface area contributed by atoms with Crippen molar-refractivity contribution in [3.05, 3.63) is 28.8 Å². The van der Waals surface area contributed by atoms with Crippen molar-refractivity contribution in [2.24, 2.45) is 11.1 Å². The van der Waals surface area contributed by atoms with Crippen LogP contribution in [-0.2, 0) is 4.79 Å². The van der Waals surface area contributed by atoms with Crippen LogP contribution < -0.4 is 10.6 Å². The van der Waals surface area contributed by atoms with Crippen molar-refractivity contribution in [2.45, 2.75) is 33.7 Å². The number of halogens is 3. The van der Waals surface area contributed by atoms with E-state index in [0.717, 1.165) is 23.8 Å². The molecule has 0 radical (unpaired) electrons. The average Bonchev–Trinajstić information content (AvgIpc) is 2.47. The quantitative estimate of drug-likeness (QED) is 0.832. The van der Waals surface area contributed by atoms with Gasteiger partial charge in [0.1, 0.15) is 0 Å². The maximum atomic E-state index is 12.5. The molecule has 7 heteroatoms. The van der Waals surface area contributed by atoms with Crippen LogP contribution in [0.15, 0.2) is 18.2 Å². The van der Waals surface area contributed by atoms with Gasteiger partial charge in [0.25, 0.3) is 0 Å². The number of carbonyl (C=O) groups is 1. The molecule has 1 aliphatic rings. The Kier molecular flexibility index (Phi) is 8.88. The molecule has 2 rings (SSSR count). The molecule has 1 fully saturated rings. The number of hydrogen-bond acceptors (Lipinski definition) is 3. The van der Waals surface area contributed by atoms with E-state index in [1.54, 1.807) is 0 Å². The Balaban J connectivity index is 0.00000264. The van der Waals surface area contributed by atoms with E-state index in [2.05, 4.69) is 11.8 Å². The normalized spacial score (nSPS) is 16.1. The molecular weight excluding hydrogens is 369 g/mol. The Bertz CT molecular complexity index is 553. The van der Waals surface area contributed by atoms with Crippen LogP contribution in [0.5, 0.6) is 0 Å². The Morgan fingerprint density at radius 2 is 1.71 bits per heavy atom. The number of piperazine rings is 1. The van der Waals surface area contributed by atoms with Gasteiger partial charge in [-0.15, -0.1) is 24.8 Å². The lowest BCUT2D eigenvalue weighted by molar-refractivity contribution is -0.135. The summed E-state index contributed by atoms with van der Waals surface area (Å²) >= 11 is 6.10. The number of hydrogen-bond donors (Lipinski definition) is 1. The lowest BCUT2D eigenvalue weighted by Crippen LogP contribution is -2.56. The fourth-order valence-corrected chi connectivity index (χ4v) is 2.82. The van der Waals surface area contributed by atoms with Gasteiger partial charge in [-0.25, -0.2) is 0 Å². The largest absolute Gasteiger partial charge is 0.368 e. The van der Waals surface area contributed by atoms with Gasteiger partial charge in [-0.05, 0) is 30.0 Å². The van der Waals surface area contributed by atoms with Gasteiger partial charge in [0.15, 0.2) is 0 Å². The molecule has 0 saturated carbocycles. The summed E-state index contributed by atoms with van der Waals surface area (Å²) in [4.78, 5) is 16.6. The first-order chi connectivity index (χ1) is 10.2. The number of nitrogens with zero attached hydrogens (tertiary/aromatic N) is 2. The van der Waals surface area contributed by atoms with Gasteiger partial charge in [0.05, 0.1) is 6.04 Å². The SMILES string of the molecule is Cc1ccc(Cl)cc1N1CCN(C(=O)[C@@H](N)C(C)(C)C)CC1.Cl.Cl. The molecule has 24 heavy (non-hydrogen) atoms. The number of carbonyl (C=O) groups excluding carboxylic acids is 1. The molecule has 0 bridgehead atoms. The van der Waals surface area contributed by atoms with Gasteiger partial charge in [0, 0.05) is 36.9 Å². The molecule has 138 valence electrons. The molecule has 1 aliphatic heterocycles. The minimum Gasteiger partial charge on any atom is -0.368 e. The van der Waals surface area contributed by atoms with Crippen LogP contribution >= 0.6 is 36.4 Å². The maximum Gasteiger partial charge on any atom is 0.240 e. The van der Waals surface area contributed by atoms with Crippen molar-refractivity contribution in [3.8, 4) is 0 Å². The predicted octanol–water partition coefficient (Wildman–Crippen LogP) is 3.51. The maximum absolute atomic E-state index is 12.5.